The van der Waals surface area contributed by atoms with E-state index >= 15 is 0 Å². The monoisotopic (exact) mass is 442 g/mol. The number of ether oxygens (including phenoxy) is 1. The van der Waals surface area contributed by atoms with Crippen molar-refractivity contribution in [3.05, 3.63) is 12.2 Å². The largest absolute Gasteiger partial charge is 0.465 e. The zero-order valence-electron chi connectivity index (χ0n) is 19.7. The molecule has 1 saturated heterocycles. The predicted molar refractivity (Wildman–Crippen MR) is 122 cm³/mol. The fourth-order valence-electron chi connectivity index (χ4n) is 8.05. The summed E-state index contributed by atoms with van der Waals surface area (Å²) in [5.74, 6) is 1.90. The minimum Gasteiger partial charge on any atom is -0.465 e. The Balaban J connectivity index is 1.42. The van der Waals surface area contributed by atoms with E-state index < -0.39 is 0 Å². The third-order valence-electron chi connectivity index (χ3n) is 9.78. The van der Waals surface area contributed by atoms with Crippen LogP contribution < -0.4 is 5.32 Å². The summed E-state index contributed by atoms with van der Waals surface area (Å²) in [4.78, 5) is 30.5. The number of allylic oxidation sites excluding steroid dienone is 1. The van der Waals surface area contributed by atoms with Crippen LogP contribution in [-0.2, 0) is 19.2 Å². The Morgan fingerprint density at radius 2 is 2.03 bits per heavy atom. The number of nitrogens with zero attached hydrogens (tertiary/aromatic N) is 1. The van der Waals surface area contributed by atoms with E-state index in [1.807, 2.05) is 0 Å². The van der Waals surface area contributed by atoms with Crippen LogP contribution in [0.25, 0.3) is 0 Å². The van der Waals surface area contributed by atoms with E-state index in [4.69, 9.17) is 9.57 Å². The van der Waals surface area contributed by atoms with Crippen LogP contribution in [0.4, 0.5) is 0 Å². The van der Waals surface area contributed by atoms with Crippen molar-refractivity contribution in [2.45, 2.75) is 77.7 Å². The van der Waals surface area contributed by atoms with Gasteiger partial charge in [0.05, 0.1) is 12.3 Å². The minimum atomic E-state index is -0.209. The maximum Gasteiger partial charge on any atom is 0.302 e. The van der Waals surface area contributed by atoms with Crippen molar-refractivity contribution >= 4 is 17.5 Å². The van der Waals surface area contributed by atoms with Gasteiger partial charge in [0, 0.05) is 37.1 Å². The lowest BCUT2D eigenvalue weighted by Gasteiger charge is -2.60. The number of Topliss-reactive ketones (excluding diaryl/α,β-unsaturated/α-hetero) is 1. The van der Waals surface area contributed by atoms with Crippen molar-refractivity contribution < 1.29 is 19.2 Å². The number of hydrogen-bond acceptors (Lipinski definition) is 6. The highest BCUT2D eigenvalue weighted by molar-refractivity contribution is 5.87. The molecule has 0 radical (unpaired) electrons. The van der Waals surface area contributed by atoms with Crippen molar-refractivity contribution in [2.24, 2.45) is 39.7 Å². The molecule has 0 spiro atoms. The van der Waals surface area contributed by atoms with Crippen LogP contribution in [0.5, 0.6) is 0 Å². The Bertz CT molecular complexity index is 832. The maximum atomic E-state index is 12.8. The van der Waals surface area contributed by atoms with Crippen LogP contribution in [-0.4, -0.2) is 43.3 Å². The number of nitrogens with one attached hydrogen (secondary N) is 1. The van der Waals surface area contributed by atoms with E-state index in [2.05, 4.69) is 24.0 Å². The van der Waals surface area contributed by atoms with Crippen LogP contribution in [0.3, 0.4) is 0 Å². The summed E-state index contributed by atoms with van der Waals surface area (Å²) in [5.41, 5.74) is 2.13. The van der Waals surface area contributed by atoms with Crippen molar-refractivity contribution in [3.63, 3.8) is 0 Å². The van der Waals surface area contributed by atoms with Gasteiger partial charge < -0.3 is 14.9 Å². The summed E-state index contributed by atoms with van der Waals surface area (Å²) >= 11 is 0. The van der Waals surface area contributed by atoms with Gasteiger partial charge in [0.25, 0.3) is 0 Å². The van der Waals surface area contributed by atoms with Crippen LogP contribution in [0.1, 0.15) is 71.6 Å². The molecule has 32 heavy (non-hydrogen) atoms. The molecule has 7 unspecified atom stereocenters. The SMILES string of the molecule is C=C1CC2C3CCC(=O)C3(C)CCC2C2(COC(C)=O)CC/C(=N/OC3CCNC3)CC12. The molecule has 4 saturated carbocycles. The summed E-state index contributed by atoms with van der Waals surface area (Å²) < 4.78 is 5.75. The van der Waals surface area contributed by atoms with Crippen LogP contribution in [0, 0.1) is 34.5 Å². The van der Waals surface area contributed by atoms with E-state index in [9.17, 15) is 9.59 Å². The number of carbonyl (C=O) groups excluding carboxylic acids is 2. The van der Waals surface area contributed by atoms with Gasteiger partial charge >= 0.3 is 5.97 Å². The molecule has 7 atom stereocenters. The molecule has 0 aromatic heterocycles. The van der Waals surface area contributed by atoms with Gasteiger partial charge in [0.15, 0.2) is 0 Å². The number of esters is 1. The highest BCUT2D eigenvalue weighted by Gasteiger charge is 2.62. The van der Waals surface area contributed by atoms with Crippen molar-refractivity contribution in [1.82, 2.24) is 5.32 Å². The summed E-state index contributed by atoms with van der Waals surface area (Å²) in [5, 5.41) is 7.90. The first-order chi connectivity index (χ1) is 15.3. The van der Waals surface area contributed by atoms with Gasteiger partial charge in [-0.2, -0.15) is 0 Å². The smallest absolute Gasteiger partial charge is 0.302 e. The average Bonchev–Trinajstić information content (AvgIpc) is 3.39. The van der Waals surface area contributed by atoms with E-state index in [-0.39, 0.29) is 28.8 Å². The number of fused-ring (bicyclic) bond motifs is 5. The van der Waals surface area contributed by atoms with Gasteiger partial charge in [-0.25, -0.2) is 0 Å². The molecule has 5 aliphatic rings. The van der Waals surface area contributed by atoms with E-state index in [0.717, 1.165) is 76.6 Å². The fourth-order valence-corrected chi connectivity index (χ4v) is 8.05. The second kappa shape index (κ2) is 8.27. The summed E-state index contributed by atoms with van der Waals surface area (Å²) in [6, 6.07) is 0. The molecule has 0 aromatic carbocycles. The molecule has 176 valence electrons. The Labute approximate surface area is 191 Å². The second-order valence-corrected chi connectivity index (χ2v) is 11.3. The van der Waals surface area contributed by atoms with Crippen LogP contribution in [0.15, 0.2) is 17.3 Å². The number of rotatable bonds is 4. The number of oxime groups is 1. The first kappa shape index (κ1) is 22.1. The first-order valence-corrected chi connectivity index (χ1v) is 12.6. The van der Waals surface area contributed by atoms with Gasteiger partial charge in [0.1, 0.15) is 11.9 Å². The molecule has 6 heteroatoms. The van der Waals surface area contributed by atoms with Gasteiger partial charge in [0.2, 0.25) is 0 Å². The molecule has 0 aromatic rings. The van der Waals surface area contributed by atoms with Gasteiger partial charge in [-0.05, 0) is 75.2 Å². The number of ketones is 1. The molecule has 4 aliphatic carbocycles. The first-order valence-electron chi connectivity index (χ1n) is 12.6. The lowest BCUT2D eigenvalue weighted by molar-refractivity contribution is -0.157. The molecule has 1 aliphatic heterocycles. The third-order valence-corrected chi connectivity index (χ3v) is 9.78. The van der Waals surface area contributed by atoms with Crippen molar-refractivity contribution in [2.75, 3.05) is 19.7 Å². The fraction of sp³-hybridized carbons (Fsp3) is 0.808. The van der Waals surface area contributed by atoms with Crippen LogP contribution >= 0.6 is 0 Å². The standard InChI is InChI=1S/C26H38N2O4/c1-16-12-20-21-4-5-24(30)25(21,3)9-7-22(20)26(15-31-17(2)29)10-6-18(13-23(16)26)28-32-19-8-11-27-14-19/h19-23,27H,1,4-15H2,2-3H3/b28-18-. The van der Waals surface area contributed by atoms with E-state index in [1.54, 1.807) is 0 Å². The highest BCUT2D eigenvalue weighted by Crippen LogP contribution is 2.66. The zero-order valence-corrected chi connectivity index (χ0v) is 19.7. The second-order valence-electron chi connectivity index (χ2n) is 11.3. The normalized spacial score (nSPS) is 44.7. The molecule has 1 heterocycles. The number of hydrogen-bond donors (Lipinski definition) is 1. The Kier molecular flexibility index (Phi) is 5.71. The van der Waals surface area contributed by atoms with E-state index in [1.165, 1.54) is 12.5 Å². The Morgan fingerprint density at radius 1 is 1.19 bits per heavy atom. The average molecular weight is 443 g/mol. The summed E-state index contributed by atoms with van der Waals surface area (Å²) in [7, 11) is 0. The quantitative estimate of drug-likeness (QED) is 0.404. The number of carbonyl (C=O) groups is 2. The molecule has 6 nitrogen and oxygen atoms in total. The molecule has 0 amide bonds. The lowest BCUT2D eigenvalue weighted by Crippen LogP contribution is -2.57. The third kappa shape index (κ3) is 3.53. The molecular formula is C26H38N2O4. The topological polar surface area (TPSA) is 77.0 Å². The van der Waals surface area contributed by atoms with Gasteiger partial charge in [-0.3, -0.25) is 9.59 Å². The molecule has 0 bridgehead atoms. The van der Waals surface area contributed by atoms with Crippen molar-refractivity contribution in [3.8, 4) is 0 Å². The molecule has 5 fully saturated rings. The molecule has 5 rings (SSSR count). The summed E-state index contributed by atoms with van der Waals surface area (Å²) in [6.45, 7) is 10.6. The molecule has 1 N–H and O–H groups in total. The lowest BCUT2D eigenvalue weighted by atomic mass is 9.44. The highest BCUT2D eigenvalue weighted by atomic mass is 16.6. The Morgan fingerprint density at radius 3 is 2.78 bits per heavy atom. The Hall–Kier alpha value is -1.69. The zero-order chi connectivity index (χ0) is 22.5. The predicted octanol–water partition coefficient (Wildman–Crippen LogP) is 4.04. The molecular weight excluding hydrogens is 404 g/mol. The van der Waals surface area contributed by atoms with E-state index in [0.29, 0.717) is 30.1 Å². The maximum absolute atomic E-state index is 12.8. The van der Waals surface area contributed by atoms with Crippen molar-refractivity contribution in [1.29, 1.82) is 0 Å². The minimum absolute atomic E-state index is 0.0907. The summed E-state index contributed by atoms with van der Waals surface area (Å²) in [6.07, 6.45) is 8.60. The van der Waals surface area contributed by atoms with Gasteiger partial charge in [-0.15, -0.1) is 0 Å². The van der Waals surface area contributed by atoms with Crippen LogP contribution in [0.2, 0.25) is 0 Å². The van der Waals surface area contributed by atoms with Gasteiger partial charge in [-0.1, -0.05) is 24.2 Å².